The van der Waals surface area contributed by atoms with E-state index in [9.17, 15) is 18.3 Å². The van der Waals surface area contributed by atoms with E-state index in [1.54, 1.807) is 6.07 Å². The average molecular weight is 303 g/mol. The molecule has 0 saturated carbocycles. The maximum atomic E-state index is 11.9. The van der Waals surface area contributed by atoms with E-state index in [1.165, 1.54) is 11.3 Å². The van der Waals surface area contributed by atoms with Crippen molar-refractivity contribution in [1.82, 2.24) is 0 Å². The molecule has 1 heterocycles. The van der Waals surface area contributed by atoms with Gasteiger partial charge in [-0.3, -0.25) is 0 Å². The van der Waals surface area contributed by atoms with Crippen molar-refractivity contribution in [1.29, 1.82) is 0 Å². The number of aryl methyl sites for hydroxylation is 1. The van der Waals surface area contributed by atoms with Gasteiger partial charge in [-0.25, -0.2) is 0 Å². The van der Waals surface area contributed by atoms with Crippen molar-refractivity contribution >= 4 is 27.3 Å². The Bertz CT molecular complexity index is 315. The van der Waals surface area contributed by atoms with Gasteiger partial charge in [0, 0.05) is 20.6 Å². The van der Waals surface area contributed by atoms with Crippen molar-refractivity contribution in [3.63, 3.8) is 0 Å². The molecule has 1 nitrogen and oxygen atoms in total. The third-order valence-electron chi connectivity index (χ3n) is 1.91. The summed E-state index contributed by atoms with van der Waals surface area (Å²) in [6.07, 6.45) is -6.47. The molecule has 1 atom stereocenters. The van der Waals surface area contributed by atoms with E-state index in [2.05, 4.69) is 15.9 Å². The molecule has 1 N–H and O–H groups in total. The fourth-order valence-corrected chi connectivity index (χ4v) is 2.67. The first-order chi connectivity index (χ1) is 6.79. The molecule has 15 heavy (non-hydrogen) atoms. The SMILES string of the molecule is Cc1sc(C(O)CCC(F)(F)F)cc1Br. The molecule has 86 valence electrons. The van der Waals surface area contributed by atoms with Gasteiger partial charge in [0.2, 0.25) is 0 Å². The fourth-order valence-electron chi connectivity index (χ4n) is 1.09. The van der Waals surface area contributed by atoms with Crippen LogP contribution in [0.3, 0.4) is 0 Å². The van der Waals surface area contributed by atoms with Gasteiger partial charge in [-0.2, -0.15) is 13.2 Å². The van der Waals surface area contributed by atoms with E-state index < -0.39 is 18.7 Å². The highest BCUT2D eigenvalue weighted by atomic mass is 79.9. The average Bonchev–Trinajstić information content (AvgIpc) is 2.42. The summed E-state index contributed by atoms with van der Waals surface area (Å²) in [6.45, 7) is 1.84. The van der Waals surface area contributed by atoms with Gasteiger partial charge in [0.25, 0.3) is 0 Å². The topological polar surface area (TPSA) is 20.2 Å². The molecule has 0 radical (unpaired) electrons. The molecule has 1 rings (SSSR count). The van der Waals surface area contributed by atoms with Crippen LogP contribution < -0.4 is 0 Å². The van der Waals surface area contributed by atoms with Crippen LogP contribution in [-0.2, 0) is 0 Å². The summed E-state index contributed by atoms with van der Waals surface area (Å²) in [4.78, 5) is 1.53. The van der Waals surface area contributed by atoms with Crippen LogP contribution >= 0.6 is 27.3 Å². The third kappa shape index (κ3) is 4.12. The molecule has 0 saturated heterocycles. The van der Waals surface area contributed by atoms with Crippen molar-refractivity contribution in [2.75, 3.05) is 0 Å². The molecular weight excluding hydrogens is 293 g/mol. The first-order valence-electron chi connectivity index (χ1n) is 4.30. The van der Waals surface area contributed by atoms with Crippen LogP contribution in [0.25, 0.3) is 0 Å². The van der Waals surface area contributed by atoms with Crippen LogP contribution in [0.4, 0.5) is 13.2 Å². The second-order valence-electron chi connectivity index (χ2n) is 3.22. The Kier molecular flexibility index (Phi) is 4.20. The largest absolute Gasteiger partial charge is 0.389 e. The zero-order valence-corrected chi connectivity index (χ0v) is 10.3. The number of thiophene rings is 1. The maximum absolute atomic E-state index is 11.9. The molecule has 1 aromatic heterocycles. The van der Waals surface area contributed by atoms with Gasteiger partial charge in [-0.1, -0.05) is 0 Å². The van der Waals surface area contributed by atoms with Crippen molar-refractivity contribution in [2.24, 2.45) is 0 Å². The van der Waals surface area contributed by atoms with Gasteiger partial charge in [-0.15, -0.1) is 11.3 Å². The molecule has 0 fully saturated rings. The lowest BCUT2D eigenvalue weighted by Gasteiger charge is -2.10. The van der Waals surface area contributed by atoms with E-state index in [-0.39, 0.29) is 6.42 Å². The Morgan fingerprint density at radius 2 is 2.13 bits per heavy atom. The van der Waals surface area contributed by atoms with Crippen LogP contribution in [0.2, 0.25) is 0 Å². The zero-order valence-electron chi connectivity index (χ0n) is 7.94. The lowest BCUT2D eigenvalue weighted by atomic mass is 10.1. The van der Waals surface area contributed by atoms with E-state index in [4.69, 9.17) is 0 Å². The van der Waals surface area contributed by atoms with Crippen LogP contribution in [0.1, 0.15) is 28.7 Å². The van der Waals surface area contributed by atoms with Crippen LogP contribution in [-0.4, -0.2) is 11.3 Å². The minimum Gasteiger partial charge on any atom is -0.388 e. The summed E-state index contributed by atoms with van der Waals surface area (Å²) >= 11 is 4.56. The smallest absolute Gasteiger partial charge is 0.388 e. The molecule has 0 aliphatic carbocycles. The fraction of sp³-hybridized carbons (Fsp3) is 0.556. The third-order valence-corrected chi connectivity index (χ3v) is 4.14. The van der Waals surface area contributed by atoms with E-state index in [0.717, 1.165) is 9.35 Å². The van der Waals surface area contributed by atoms with Gasteiger partial charge in [-0.05, 0) is 35.3 Å². The monoisotopic (exact) mass is 302 g/mol. The summed E-state index contributed by atoms with van der Waals surface area (Å²) in [6, 6.07) is 1.67. The highest BCUT2D eigenvalue weighted by Crippen LogP contribution is 2.34. The van der Waals surface area contributed by atoms with Gasteiger partial charge < -0.3 is 5.11 Å². The number of alkyl halides is 3. The summed E-state index contributed by atoms with van der Waals surface area (Å²) in [5, 5.41) is 9.51. The van der Waals surface area contributed by atoms with Crippen molar-refractivity contribution < 1.29 is 18.3 Å². The minimum absolute atomic E-state index is 0.282. The Hall–Kier alpha value is -0.0700. The van der Waals surface area contributed by atoms with E-state index in [1.807, 2.05) is 6.92 Å². The number of hydrogen-bond donors (Lipinski definition) is 1. The van der Waals surface area contributed by atoms with Gasteiger partial charge >= 0.3 is 6.18 Å². The Morgan fingerprint density at radius 1 is 1.53 bits per heavy atom. The number of aliphatic hydroxyl groups excluding tert-OH is 1. The van der Waals surface area contributed by atoms with Crippen LogP contribution in [0.5, 0.6) is 0 Å². The number of halogens is 4. The highest BCUT2D eigenvalue weighted by molar-refractivity contribution is 9.10. The predicted molar refractivity (Wildman–Crippen MR) is 57.0 cm³/mol. The van der Waals surface area contributed by atoms with E-state index >= 15 is 0 Å². The van der Waals surface area contributed by atoms with Gasteiger partial charge in [0.1, 0.15) is 0 Å². The first kappa shape index (κ1) is 13.0. The quantitative estimate of drug-likeness (QED) is 0.887. The highest BCUT2D eigenvalue weighted by Gasteiger charge is 2.28. The molecule has 1 aromatic rings. The van der Waals surface area contributed by atoms with Crippen LogP contribution in [0, 0.1) is 6.92 Å². The summed E-state index contributed by atoms with van der Waals surface area (Å²) < 4.78 is 36.5. The molecule has 0 amide bonds. The summed E-state index contributed by atoms with van der Waals surface area (Å²) in [5.74, 6) is 0. The number of rotatable bonds is 3. The normalized spacial score (nSPS) is 14.3. The standard InChI is InChI=1S/C9H10BrF3OS/c1-5-6(10)4-8(15-5)7(14)2-3-9(11,12)13/h4,7,14H,2-3H2,1H3. The minimum atomic E-state index is -4.20. The molecule has 0 aliphatic heterocycles. The molecule has 0 aromatic carbocycles. The summed E-state index contributed by atoms with van der Waals surface area (Å²) in [7, 11) is 0. The first-order valence-corrected chi connectivity index (χ1v) is 5.91. The molecule has 0 spiro atoms. The zero-order chi connectivity index (χ0) is 11.6. The second kappa shape index (κ2) is 4.84. The summed E-state index contributed by atoms with van der Waals surface area (Å²) in [5.41, 5.74) is 0. The second-order valence-corrected chi connectivity index (χ2v) is 5.36. The van der Waals surface area contributed by atoms with Crippen LogP contribution in [0.15, 0.2) is 10.5 Å². The Labute approximate surface area is 98.1 Å². The molecule has 6 heteroatoms. The maximum Gasteiger partial charge on any atom is 0.389 e. The van der Waals surface area contributed by atoms with Crippen molar-refractivity contribution in [3.8, 4) is 0 Å². The van der Waals surface area contributed by atoms with Crippen molar-refractivity contribution in [3.05, 3.63) is 20.3 Å². The number of hydrogen-bond acceptors (Lipinski definition) is 2. The van der Waals surface area contributed by atoms with Gasteiger partial charge in [0.15, 0.2) is 0 Å². The Balaban J connectivity index is 2.58. The molecule has 0 aliphatic rings. The Morgan fingerprint density at radius 3 is 2.53 bits per heavy atom. The molecular formula is C9H10BrF3OS. The number of aliphatic hydroxyl groups is 1. The van der Waals surface area contributed by atoms with E-state index in [0.29, 0.717) is 4.88 Å². The predicted octanol–water partition coefficient (Wildman–Crippen LogP) is 4.19. The molecule has 0 bridgehead atoms. The lowest BCUT2D eigenvalue weighted by molar-refractivity contribution is -0.140. The molecule has 1 unspecified atom stereocenters. The van der Waals surface area contributed by atoms with Crippen molar-refractivity contribution in [2.45, 2.75) is 32.0 Å². The van der Waals surface area contributed by atoms with Gasteiger partial charge in [0.05, 0.1) is 6.10 Å². The lowest BCUT2D eigenvalue weighted by Crippen LogP contribution is -2.09.